The topological polar surface area (TPSA) is 25.8 Å². The predicted octanol–water partition coefficient (Wildman–Crippen LogP) is 2.25. The van der Waals surface area contributed by atoms with E-state index in [1.54, 1.807) is 0 Å². The Kier molecular flexibility index (Phi) is 1.54. The van der Waals surface area contributed by atoms with Crippen LogP contribution in [0, 0.1) is 13.8 Å². The first-order valence-corrected chi connectivity index (χ1v) is 3.96. The lowest BCUT2D eigenvalue weighted by atomic mass is 10.1. The summed E-state index contributed by atoms with van der Waals surface area (Å²) in [5, 5.41) is 10.3. The van der Waals surface area contributed by atoms with Gasteiger partial charge in [0, 0.05) is 10.8 Å². The van der Waals surface area contributed by atoms with Crippen LogP contribution in [0.15, 0.2) is 24.4 Å². The number of aromatic nitrogens is 2. The van der Waals surface area contributed by atoms with Gasteiger partial charge in [0.2, 0.25) is 0 Å². The van der Waals surface area contributed by atoms with E-state index in [2.05, 4.69) is 29.3 Å². The van der Waals surface area contributed by atoms with Crippen molar-refractivity contribution in [1.82, 2.24) is 10.2 Å². The van der Waals surface area contributed by atoms with Gasteiger partial charge in [-0.2, -0.15) is 10.2 Å². The van der Waals surface area contributed by atoms with Gasteiger partial charge in [0.1, 0.15) is 0 Å². The van der Waals surface area contributed by atoms with Crippen molar-refractivity contribution in [3.8, 4) is 0 Å². The Hall–Kier alpha value is -1.44. The van der Waals surface area contributed by atoms with Gasteiger partial charge in [0.15, 0.2) is 0 Å². The number of nitrogens with zero attached hydrogens (tertiary/aromatic N) is 2. The first-order valence-electron chi connectivity index (χ1n) is 3.96. The molecule has 2 nitrogen and oxygen atoms in total. The molecule has 0 bridgehead atoms. The molecule has 60 valence electrons. The van der Waals surface area contributed by atoms with E-state index < -0.39 is 0 Å². The Balaban J connectivity index is 2.94. The first kappa shape index (κ1) is 7.22. The number of benzene rings is 1. The lowest BCUT2D eigenvalue weighted by molar-refractivity contribution is 1.00. The van der Waals surface area contributed by atoms with E-state index in [0.29, 0.717) is 0 Å². The molecule has 0 amide bonds. The second kappa shape index (κ2) is 2.55. The molecule has 2 heteroatoms. The molecule has 2 rings (SSSR count). The number of aryl methyl sites for hydroxylation is 2. The van der Waals surface area contributed by atoms with Crippen LogP contribution in [0.5, 0.6) is 0 Å². The molecule has 0 atom stereocenters. The highest BCUT2D eigenvalue weighted by Crippen LogP contribution is 2.17. The Morgan fingerprint density at radius 2 is 1.92 bits per heavy atom. The lowest BCUT2D eigenvalue weighted by Crippen LogP contribution is -1.88. The molecule has 12 heavy (non-hydrogen) atoms. The molecule has 0 aliphatic rings. The van der Waals surface area contributed by atoms with Gasteiger partial charge < -0.3 is 0 Å². The molecule has 1 heterocycles. The van der Waals surface area contributed by atoms with Gasteiger partial charge in [0.05, 0.1) is 11.9 Å². The van der Waals surface area contributed by atoms with E-state index >= 15 is 0 Å². The van der Waals surface area contributed by atoms with Crippen molar-refractivity contribution in [2.45, 2.75) is 13.8 Å². The molecule has 0 spiro atoms. The predicted molar refractivity (Wildman–Crippen MR) is 49.0 cm³/mol. The highest BCUT2D eigenvalue weighted by Gasteiger charge is 1.99. The summed E-state index contributed by atoms with van der Waals surface area (Å²) in [5.41, 5.74) is 2.25. The zero-order chi connectivity index (χ0) is 8.55. The fourth-order valence-electron chi connectivity index (χ4n) is 1.39. The molecule has 2 aromatic rings. The highest BCUT2D eigenvalue weighted by molar-refractivity contribution is 5.86. The highest BCUT2D eigenvalue weighted by atomic mass is 15.1. The van der Waals surface area contributed by atoms with Crippen LogP contribution < -0.4 is 0 Å². The summed E-state index contributed by atoms with van der Waals surface area (Å²) in [6, 6.07) is 6.21. The summed E-state index contributed by atoms with van der Waals surface area (Å²) in [4.78, 5) is 0. The average molecular weight is 158 g/mol. The zero-order valence-electron chi connectivity index (χ0n) is 7.20. The zero-order valence-corrected chi connectivity index (χ0v) is 7.20. The van der Waals surface area contributed by atoms with E-state index in [-0.39, 0.29) is 0 Å². The molecule has 0 radical (unpaired) electrons. The normalized spacial score (nSPS) is 10.5. The summed E-state index contributed by atoms with van der Waals surface area (Å²) in [6.07, 6.45) is 1.82. The minimum absolute atomic E-state index is 0.996. The van der Waals surface area contributed by atoms with Crippen LogP contribution >= 0.6 is 0 Å². The van der Waals surface area contributed by atoms with Crippen molar-refractivity contribution < 1.29 is 0 Å². The van der Waals surface area contributed by atoms with Crippen molar-refractivity contribution in [3.05, 3.63) is 35.7 Å². The summed E-state index contributed by atoms with van der Waals surface area (Å²) in [5.74, 6) is 0. The van der Waals surface area contributed by atoms with Crippen LogP contribution in [0.3, 0.4) is 0 Å². The Bertz CT molecular complexity index is 380. The van der Waals surface area contributed by atoms with Crippen LogP contribution in [0.25, 0.3) is 10.8 Å². The fraction of sp³-hybridized carbons (Fsp3) is 0.200. The Morgan fingerprint density at radius 1 is 1.08 bits per heavy atom. The molecule has 0 unspecified atom stereocenters. The summed E-state index contributed by atoms with van der Waals surface area (Å²) in [6.45, 7) is 4.07. The van der Waals surface area contributed by atoms with E-state index in [0.717, 1.165) is 5.69 Å². The number of fused-ring (bicyclic) bond motifs is 1. The lowest BCUT2D eigenvalue weighted by Gasteiger charge is -2.01. The third-order valence-corrected chi connectivity index (χ3v) is 2.11. The number of hydrogen-bond acceptors (Lipinski definition) is 2. The van der Waals surface area contributed by atoms with Gasteiger partial charge in [-0.25, -0.2) is 0 Å². The molecular weight excluding hydrogens is 148 g/mol. The Morgan fingerprint density at radius 3 is 2.67 bits per heavy atom. The molecule has 1 aromatic carbocycles. The number of rotatable bonds is 0. The maximum Gasteiger partial charge on any atom is 0.0678 e. The molecular formula is C10H10N2. The molecule has 0 N–H and O–H groups in total. The first-order chi connectivity index (χ1) is 5.79. The Labute approximate surface area is 71.3 Å². The van der Waals surface area contributed by atoms with Crippen molar-refractivity contribution in [2.24, 2.45) is 0 Å². The quantitative estimate of drug-likeness (QED) is 0.587. The van der Waals surface area contributed by atoms with Gasteiger partial charge in [0.25, 0.3) is 0 Å². The third-order valence-electron chi connectivity index (χ3n) is 2.11. The van der Waals surface area contributed by atoms with Crippen molar-refractivity contribution in [2.75, 3.05) is 0 Å². The summed E-state index contributed by atoms with van der Waals surface area (Å²) >= 11 is 0. The van der Waals surface area contributed by atoms with Gasteiger partial charge in [-0.1, -0.05) is 18.2 Å². The largest absolute Gasteiger partial charge is 0.158 e. The van der Waals surface area contributed by atoms with Gasteiger partial charge >= 0.3 is 0 Å². The number of hydrogen-bond donors (Lipinski definition) is 0. The minimum atomic E-state index is 0.996. The van der Waals surface area contributed by atoms with Gasteiger partial charge in [-0.15, -0.1) is 0 Å². The maximum absolute atomic E-state index is 4.00. The maximum atomic E-state index is 4.00. The molecule has 0 aliphatic heterocycles. The molecule has 0 fully saturated rings. The van der Waals surface area contributed by atoms with Crippen molar-refractivity contribution >= 4 is 10.8 Å². The van der Waals surface area contributed by atoms with Crippen LogP contribution in [0.4, 0.5) is 0 Å². The van der Waals surface area contributed by atoms with Crippen LogP contribution in [0.1, 0.15) is 11.3 Å². The molecule has 0 saturated carbocycles. The average Bonchev–Trinajstić information content (AvgIpc) is 2.07. The standard InChI is InChI=1S/C10H10N2/c1-7-4-3-5-9-8(2)12-11-6-10(7)9/h3-6H,1-2H3. The van der Waals surface area contributed by atoms with Crippen LogP contribution in [0.2, 0.25) is 0 Å². The van der Waals surface area contributed by atoms with E-state index in [9.17, 15) is 0 Å². The third kappa shape index (κ3) is 0.961. The second-order valence-electron chi connectivity index (χ2n) is 2.97. The molecule has 0 aliphatic carbocycles. The van der Waals surface area contributed by atoms with E-state index in [4.69, 9.17) is 0 Å². The minimum Gasteiger partial charge on any atom is -0.158 e. The van der Waals surface area contributed by atoms with Crippen molar-refractivity contribution in [3.63, 3.8) is 0 Å². The van der Waals surface area contributed by atoms with Crippen LogP contribution in [-0.2, 0) is 0 Å². The fourth-order valence-corrected chi connectivity index (χ4v) is 1.39. The summed E-state index contributed by atoms with van der Waals surface area (Å²) in [7, 11) is 0. The van der Waals surface area contributed by atoms with E-state index in [1.165, 1.54) is 16.3 Å². The SMILES string of the molecule is Cc1cccc2c(C)nncc12. The monoisotopic (exact) mass is 158 g/mol. The van der Waals surface area contributed by atoms with E-state index in [1.807, 2.05) is 19.2 Å². The van der Waals surface area contributed by atoms with Gasteiger partial charge in [-0.3, -0.25) is 0 Å². The smallest absolute Gasteiger partial charge is 0.0678 e. The van der Waals surface area contributed by atoms with Gasteiger partial charge in [-0.05, 0) is 19.4 Å². The van der Waals surface area contributed by atoms with Crippen LogP contribution in [-0.4, -0.2) is 10.2 Å². The molecule has 0 saturated heterocycles. The molecule has 1 aromatic heterocycles. The summed E-state index contributed by atoms with van der Waals surface area (Å²) < 4.78 is 0. The second-order valence-corrected chi connectivity index (χ2v) is 2.97. The van der Waals surface area contributed by atoms with Crippen molar-refractivity contribution in [1.29, 1.82) is 0 Å².